The summed E-state index contributed by atoms with van der Waals surface area (Å²) in [5.41, 5.74) is 0.635. The molecule has 0 aromatic heterocycles. The average Bonchev–Trinajstić information content (AvgIpc) is 2.37. The minimum Gasteiger partial charge on any atom is -0.380 e. The van der Waals surface area contributed by atoms with E-state index in [0.29, 0.717) is 17.6 Å². The van der Waals surface area contributed by atoms with Crippen LogP contribution in [0, 0.1) is 10.8 Å². The Kier molecular flexibility index (Phi) is 4.14. The van der Waals surface area contributed by atoms with E-state index in [4.69, 9.17) is 9.47 Å². The molecule has 1 heterocycles. The first-order valence-electron chi connectivity index (χ1n) is 8.28. The third-order valence-electron chi connectivity index (χ3n) is 5.56. The van der Waals surface area contributed by atoms with Gasteiger partial charge >= 0.3 is 0 Å². The Morgan fingerprint density at radius 1 is 1.38 bits per heavy atom. The lowest BCUT2D eigenvalue weighted by molar-refractivity contribution is -0.168. The highest BCUT2D eigenvalue weighted by molar-refractivity contribution is 5.80. The summed E-state index contributed by atoms with van der Waals surface area (Å²) in [7, 11) is 1.85. The molecule has 0 aromatic rings. The summed E-state index contributed by atoms with van der Waals surface area (Å²) in [4.78, 5) is 4.38. The monoisotopic (exact) mass is 295 g/mol. The van der Waals surface area contributed by atoms with Gasteiger partial charge in [-0.15, -0.1) is 0 Å². The zero-order valence-electron chi connectivity index (χ0n) is 13.6. The standard InChI is InChI=1S/C16H29N3O2/c1-4-21-13-8-12(16(13)6-5-7-16)19-14(17-3)18-9-15(2)10-20-11-15/h12-13H,4-11H2,1-3H3,(H2,17,18,19). The molecule has 3 fully saturated rings. The molecule has 1 spiro atoms. The number of hydrogen-bond donors (Lipinski definition) is 2. The van der Waals surface area contributed by atoms with Gasteiger partial charge in [0.15, 0.2) is 5.96 Å². The molecule has 2 N–H and O–H groups in total. The highest BCUT2D eigenvalue weighted by Crippen LogP contribution is 2.57. The number of aliphatic imine (C=N–C) groups is 1. The van der Waals surface area contributed by atoms with Crippen molar-refractivity contribution in [3.8, 4) is 0 Å². The Hall–Kier alpha value is -0.810. The number of nitrogens with one attached hydrogen (secondary N) is 2. The molecule has 3 rings (SSSR count). The predicted molar refractivity (Wildman–Crippen MR) is 83.5 cm³/mol. The van der Waals surface area contributed by atoms with Crippen molar-refractivity contribution in [2.24, 2.45) is 15.8 Å². The first-order chi connectivity index (χ1) is 10.1. The lowest BCUT2D eigenvalue weighted by Crippen LogP contribution is -2.69. The first-order valence-corrected chi connectivity index (χ1v) is 8.28. The van der Waals surface area contributed by atoms with Crippen LogP contribution in [0.15, 0.2) is 4.99 Å². The molecule has 1 saturated heterocycles. The molecule has 3 aliphatic rings. The maximum absolute atomic E-state index is 5.90. The van der Waals surface area contributed by atoms with E-state index in [1.165, 1.54) is 19.3 Å². The average molecular weight is 295 g/mol. The van der Waals surface area contributed by atoms with Crippen molar-refractivity contribution in [3.05, 3.63) is 0 Å². The van der Waals surface area contributed by atoms with E-state index in [1.807, 2.05) is 7.05 Å². The van der Waals surface area contributed by atoms with Crippen LogP contribution in [0.2, 0.25) is 0 Å². The van der Waals surface area contributed by atoms with E-state index in [0.717, 1.165) is 38.7 Å². The molecule has 120 valence electrons. The molecular weight excluding hydrogens is 266 g/mol. The van der Waals surface area contributed by atoms with Crippen molar-refractivity contribution in [2.75, 3.05) is 33.4 Å². The molecule has 5 nitrogen and oxygen atoms in total. The summed E-state index contributed by atoms with van der Waals surface area (Å²) in [5, 5.41) is 7.08. The third-order valence-corrected chi connectivity index (χ3v) is 5.56. The van der Waals surface area contributed by atoms with E-state index in [2.05, 4.69) is 29.5 Å². The van der Waals surface area contributed by atoms with E-state index in [1.54, 1.807) is 0 Å². The molecule has 21 heavy (non-hydrogen) atoms. The van der Waals surface area contributed by atoms with Crippen molar-refractivity contribution in [2.45, 2.75) is 51.7 Å². The second kappa shape index (κ2) is 5.76. The number of hydrogen-bond acceptors (Lipinski definition) is 3. The number of nitrogens with zero attached hydrogens (tertiary/aromatic N) is 1. The summed E-state index contributed by atoms with van der Waals surface area (Å²) in [6.45, 7) is 7.77. The maximum atomic E-state index is 5.90. The van der Waals surface area contributed by atoms with Crippen LogP contribution < -0.4 is 10.6 Å². The van der Waals surface area contributed by atoms with Gasteiger partial charge in [0.1, 0.15) is 0 Å². The number of rotatable bonds is 5. The van der Waals surface area contributed by atoms with E-state index >= 15 is 0 Å². The van der Waals surface area contributed by atoms with Crippen LogP contribution in [0.25, 0.3) is 0 Å². The molecule has 0 aromatic carbocycles. The molecule has 2 atom stereocenters. The summed E-state index contributed by atoms with van der Waals surface area (Å²) in [6, 6.07) is 0.513. The fourth-order valence-corrected chi connectivity index (χ4v) is 3.85. The van der Waals surface area contributed by atoms with E-state index < -0.39 is 0 Å². The maximum Gasteiger partial charge on any atom is 0.191 e. The van der Waals surface area contributed by atoms with E-state index in [-0.39, 0.29) is 5.41 Å². The summed E-state index contributed by atoms with van der Waals surface area (Å²) < 4.78 is 11.2. The normalized spacial score (nSPS) is 32.8. The van der Waals surface area contributed by atoms with Crippen LogP contribution >= 0.6 is 0 Å². The number of guanidine groups is 1. The van der Waals surface area contributed by atoms with Gasteiger partial charge in [0.2, 0.25) is 0 Å². The van der Waals surface area contributed by atoms with Crippen molar-refractivity contribution in [1.29, 1.82) is 0 Å². The fourth-order valence-electron chi connectivity index (χ4n) is 3.85. The highest BCUT2D eigenvalue weighted by Gasteiger charge is 2.59. The summed E-state index contributed by atoms with van der Waals surface area (Å²) in [5.74, 6) is 0.925. The zero-order chi connectivity index (χ0) is 14.9. The Balaban J connectivity index is 1.50. The Bertz CT molecular complexity index is 402. The Morgan fingerprint density at radius 2 is 2.14 bits per heavy atom. The molecule has 2 unspecified atom stereocenters. The van der Waals surface area contributed by atoms with Crippen LogP contribution in [0.3, 0.4) is 0 Å². The molecule has 0 bridgehead atoms. The van der Waals surface area contributed by atoms with Gasteiger partial charge in [-0.3, -0.25) is 4.99 Å². The minimum absolute atomic E-state index is 0.263. The topological polar surface area (TPSA) is 54.9 Å². The van der Waals surface area contributed by atoms with E-state index in [9.17, 15) is 0 Å². The van der Waals surface area contributed by atoms with Crippen LogP contribution in [-0.4, -0.2) is 51.5 Å². The second-order valence-corrected chi connectivity index (χ2v) is 7.19. The van der Waals surface area contributed by atoms with Crippen molar-refractivity contribution < 1.29 is 9.47 Å². The Labute approximate surface area is 127 Å². The molecule has 2 aliphatic carbocycles. The minimum atomic E-state index is 0.263. The molecule has 0 amide bonds. The SMILES string of the molecule is CCOC1CC(NC(=NC)NCC2(C)COC2)C12CCC2. The summed E-state index contributed by atoms with van der Waals surface area (Å²) in [6.07, 6.45) is 5.47. The predicted octanol–water partition coefficient (Wildman–Crippen LogP) is 1.54. The lowest BCUT2D eigenvalue weighted by atomic mass is 9.51. The van der Waals surface area contributed by atoms with Gasteiger partial charge in [-0.1, -0.05) is 13.3 Å². The first kappa shape index (κ1) is 15.1. The molecule has 2 saturated carbocycles. The van der Waals surface area contributed by atoms with Gasteiger partial charge in [0.25, 0.3) is 0 Å². The third kappa shape index (κ3) is 2.66. The van der Waals surface area contributed by atoms with Gasteiger partial charge in [0.05, 0.1) is 19.3 Å². The molecular formula is C16H29N3O2. The van der Waals surface area contributed by atoms with Crippen LogP contribution in [0.4, 0.5) is 0 Å². The fraction of sp³-hybridized carbons (Fsp3) is 0.938. The smallest absolute Gasteiger partial charge is 0.191 e. The van der Waals surface area contributed by atoms with Crippen LogP contribution in [-0.2, 0) is 9.47 Å². The van der Waals surface area contributed by atoms with Crippen LogP contribution in [0.1, 0.15) is 39.5 Å². The zero-order valence-corrected chi connectivity index (χ0v) is 13.6. The van der Waals surface area contributed by atoms with Gasteiger partial charge in [-0.25, -0.2) is 0 Å². The largest absolute Gasteiger partial charge is 0.380 e. The lowest BCUT2D eigenvalue weighted by Gasteiger charge is -2.61. The molecule has 5 heteroatoms. The van der Waals surface area contributed by atoms with Gasteiger partial charge in [0, 0.05) is 37.1 Å². The van der Waals surface area contributed by atoms with Gasteiger partial charge in [-0.2, -0.15) is 0 Å². The summed E-state index contributed by atoms with van der Waals surface area (Å²) >= 11 is 0. The van der Waals surface area contributed by atoms with Gasteiger partial charge < -0.3 is 20.1 Å². The van der Waals surface area contributed by atoms with Crippen molar-refractivity contribution in [1.82, 2.24) is 10.6 Å². The molecule has 1 aliphatic heterocycles. The quantitative estimate of drug-likeness (QED) is 0.597. The number of ether oxygens (including phenoxy) is 2. The van der Waals surface area contributed by atoms with Gasteiger partial charge in [-0.05, 0) is 26.2 Å². The highest BCUT2D eigenvalue weighted by atomic mass is 16.5. The van der Waals surface area contributed by atoms with Crippen molar-refractivity contribution >= 4 is 5.96 Å². The second-order valence-electron chi connectivity index (χ2n) is 7.19. The van der Waals surface area contributed by atoms with Crippen LogP contribution in [0.5, 0.6) is 0 Å². The molecule has 0 radical (unpaired) electrons. The van der Waals surface area contributed by atoms with Crippen molar-refractivity contribution in [3.63, 3.8) is 0 Å². The Morgan fingerprint density at radius 3 is 2.62 bits per heavy atom.